The van der Waals surface area contributed by atoms with Gasteiger partial charge in [0.25, 0.3) is 0 Å². The second-order valence-corrected chi connectivity index (χ2v) is 6.50. The summed E-state index contributed by atoms with van der Waals surface area (Å²) in [4.78, 5) is 6.08. The van der Waals surface area contributed by atoms with E-state index in [1.165, 1.54) is 23.4 Å². The molecule has 0 aliphatic heterocycles. The van der Waals surface area contributed by atoms with Gasteiger partial charge in [-0.25, -0.2) is 4.98 Å². The van der Waals surface area contributed by atoms with Crippen molar-refractivity contribution in [3.8, 4) is 6.07 Å². The Hall–Kier alpha value is -0.920. The van der Waals surface area contributed by atoms with E-state index in [1.807, 2.05) is 13.8 Å². The zero-order valence-corrected chi connectivity index (χ0v) is 12.2. The lowest BCUT2D eigenvalue weighted by atomic mass is 9.96. The maximum atomic E-state index is 9.22. The number of thiazole rings is 1. The summed E-state index contributed by atoms with van der Waals surface area (Å²) in [5.74, 6) is 0. The summed E-state index contributed by atoms with van der Waals surface area (Å²) in [5.41, 5.74) is 0.760. The number of hydrogen-bond acceptors (Lipinski definition) is 4. The largest absolute Gasteiger partial charge is 0.309 e. The molecule has 1 aromatic rings. The van der Waals surface area contributed by atoms with Crippen molar-refractivity contribution in [1.29, 1.82) is 5.26 Å². The van der Waals surface area contributed by atoms with E-state index in [-0.39, 0.29) is 0 Å². The third kappa shape index (κ3) is 2.57. The Balaban J connectivity index is 2.26. The van der Waals surface area contributed by atoms with Crippen LogP contribution in [0.25, 0.3) is 0 Å². The lowest BCUT2D eigenvalue weighted by Gasteiger charge is -2.22. The predicted molar refractivity (Wildman–Crippen MR) is 74.7 cm³/mol. The molecule has 0 amide bonds. The summed E-state index contributed by atoms with van der Waals surface area (Å²) in [5, 5.41) is 13.8. The fraction of sp³-hybridized carbons (Fsp3) is 0.714. The van der Waals surface area contributed by atoms with Crippen molar-refractivity contribution >= 4 is 11.3 Å². The average Bonchev–Trinajstić information content (AvgIpc) is 2.81. The zero-order valence-electron chi connectivity index (χ0n) is 11.4. The molecule has 0 aromatic carbocycles. The predicted octanol–water partition coefficient (Wildman–Crippen LogP) is 3.32. The standard InChI is InChI=1S/C14H21N3S/c1-4-8-16-10-6-5-7-11-12(10)18-13(17-11)14(2,3)9-15/h10,16H,4-8H2,1-3H3. The molecule has 1 aliphatic carbocycles. The highest BCUT2D eigenvalue weighted by Crippen LogP contribution is 2.38. The van der Waals surface area contributed by atoms with Crippen LogP contribution < -0.4 is 5.32 Å². The minimum absolute atomic E-state index is 0.453. The molecule has 1 aliphatic rings. The molecule has 0 saturated heterocycles. The third-order valence-electron chi connectivity index (χ3n) is 3.41. The van der Waals surface area contributed by atoms with E-state index in [4.69, 9.17) is 4.98 Å². The highest BCUT2D eigenvalue weighted by molar-refractivity contribution is 7.12. The number of nitriles is 1. The Morgan fingerprint density at radius 2 is 2.33 bits per heavy atom. The number of rotatable bonds is 4. The molecule has 1 N–H and O–H groups in total. The van der Waals surface area contributed by atoms with Crippen LogP contribution in [-0.4, -0.2) is 11.5 Å². The first-order chi connectivity index (χ1) is 8.58. The molecule has 18 heavy (non-hydrogen) atoms. The summed E-state index contributed by atoms with van der Waals surface area (Å²) in [6, 6.07) is 2.81. The Kier molecular flexibility index (Phi) is 4.04. The number of nitrogens with one attached hydrogen (secondary N) is 1. The SMILES string of the molecule is CCCNC1CCCc2nc(C(C)(C)C#N)sc21. The van der Waals surface area contributed by atoms with Crippen molar-refractivity contribution in [3.05, 3.63) is 15.6 Å². The third-order valence-corrected chi connectivity index (χ3v) is 4.94. The van der Waals surface area contributed by atoms with Crippen molar-refractivity contribution < 1.29 is 0 Å². The molecule has 1 aromatic heterocycles. The van der Waals surface area contributed by atoms with Crippen LogP contribution in [0, 0.1) is 11.3 Å². The van der Waals surface area contributed by atoms with E-state index < -0.39 is 5.41 Å². The van der Waals surface area contributed by atoms with Gasteiger partial charge in [0, 0.05) is 10.9 Å². The molecule has 1 unspecified atom stereocenters. The first-order valence-electron chi connectivity index (χ1n) is 6.73. The second-order valence-electron chi connectivity index (χ2n) is 5.47. The fourth-order valence-corrected chi connectivity index (χ4v) is 3.52. The van der Waals surface area contributed by atoms with Gasteiger partial charge in [-0.2, -0.15) is 5.26 Å². The molecule has 1 atom stereocenters. The van der Waals surface area contributed by atoms with Crippen LogP contribution in [0.3, 0.4) is 0 Å². The Labute approximate surface area is 113 Å². The van der Waals surface area contributed by atoms with Crippen molar-refractivity contribution in [2.24, 2.45) is 0 Å². The molecule has 2 rings (SSSR count). The van der Waals surface area contributed by atoms with Gasteiger partial charge in [0.1, 0.15) is 10.4 Å². The highest BCUT2D eigenvalue weighted by Gasteiger charge is 2.30. The lowest BCUT2D eigenvalue weighted by molar-refractivity contribution is 0.464. The quantitative estimate of drug-likeness (QED) is 0.906. The van der Waals surface area contributed by atoms with Crippen LogP contribution in [-0.2, 0) is 11.8 Å². The first kappa shape index (κ1) is 13.5. The Bertz CT molecular complexity index is 456. The number of aryl methyl sites for hydroxylation is 1. The van der Waals surface area contributed by atoms with E-state index in [1.54, 1.807) is 11.3 Å². The van der Waals surface area contributed by atoms with Crippen LogP contribution in [0.15, 0.2) is 0 Å². The number of aromatic nitrogens is 1. The molecular formula is C14H21N3S. The van der Waals surface area contributed by atoms with Gasteiger partial charge in [-0.1, -0.05) is 6.92 Å². The van der Waals surface area contributed by atoms with Crippen molar-refractivity contribution in [2.45, 2.75) is 57.9 Å². The smallest absolute Gasteiger partial charge is 0.113 e. The molecule has 0 bridgehead atoms. The molecule has 1 heterocycles. The highest BCUT2D eigenvalue weighted by atomic mass is 32.1. The molecule has 0 spiro atoms. The van der Waals surface area contributed by atoms with E-state index in [0.717, 1.165) is 24.4 Å². The zero-order chi connectivity index (χ0) is 13.2. The number of hydrogen-bond donors (Lipinski definition) is 1. The minimum Gasteiger partial charge on any atom is -0.309 e. The van der Waals surface area contributed by atoms with Crippen molar-refractivity contribution in [2.75, 3.05) is 6.54 Å². The van der Waals surface area contributed by atoms with E-state index in [0.29, 0.717) is 6.04 Å². The molecule has 3 nitrogen and oxygen atoms in total. The Morgan fingerprint density at radius 1 is 1.56 bits per heavy atom. The van der Waals surface area contributed by atoms with Gasteiger partial charge >= 0.3 is 0 Å². The summed E-state index contributed by atoms with van der Waals surface area (Å²) >= 11 is 1.73. The summed E-state index contributed by atoms with van der Waals surface area (Å²) in [6.45, 7) is 7.14. The van der Waals surface area contributed by atoms with Crippen molar-refractivity contribution in [3.63, 3.8) is 0 Å². The lowest BCUT2D eigenvalue weighted by Crippen LogP contribution is -2.24. The monoisotopic (exact) mass is 263 g/mol. The summed E-state index contributed by atoms with van der Waals surface area (Å²) in [6.07, 6.45) is 4.62. The van der Waals surface area contributed by atoms with Gasteiger partial charge in [-0.15, -0.1) is 11.3 Å². The maximum Gasteiger partial charge on any atom is 0.113 e. The van der Waals surface area contributed by atoms with Gasteiger partial charge in [-0.05, 0) is 46.1 Å². The molecule has 98 valence electrons. The number of fused-ring (bicyclic) bond motifs is 1. The molecule has 0 fully saturated rings. The van der Waals surface area contributed by atoms with Crippen LogP contribution in [0.2, 0.25) is 0 Å². The molecule has 0 radical (unpaired) electrons. The van der Waals surface area contributed by atoms with Gasteiger partial charge in [0.15, 0.2) is 0 Å². The number of nitrogens with zero attached hydrogens (tertiary/aromatic N) is 2. The fourth-order valence-electron chi connectivity index (χ4n) is 2.25. The van der Waals surface area contributed by atoms with Gasteiger partial charge < -0.3 is 5.32 Å². The van der Waals surface area contributed by atoms with Gasteiger partial charge in [0.2, 0.25) is 0 Å². The van der Waals surface area contributed by atoms with Crippen LogP contribution in [0.4, 0.5) is 0 Å². The maximum absolute atomic E-state index is 9.22. The minimum atomic E-state index is -0.461. The summed E-state index contributed by atoms with van der Waals surface area (Å²) in [7, 11) is 0. The Morgan fingerprint density at radius 3 is 3.00 bits per heavy atom. The molecule has 0 saturated carbocycles. The van der Waals surface area contributed by atoms with Crippen LogP contribution in [0.5, 0.6) is 0 Å². The summed E-state index contributed by atoms with van der Waals surface area (Å²) < 4.78 is 0. The van der Waals surface area contributed by atoms with E-state index in [9.17, 15) is 5.26 Å². The second kappa shape index (κ2) is 5.38. The van der Waals surface area contributed by atoms with E-state index >= 15 is 0 Å². The first-order valence-corrected chi connectivity index (χ1v) is 7.55. The topological polar surface area (TPSA) is 48.7 Å². The van der Waals surface area contributed by atoms with Crippen LogP contribution >= 0.6 is 11.3 Å². The normalized spacial score (nSPS) is 19.3. The molecular weight excluding hydrogens is 242 g/mol. The average molecular weight is 263 g/mol. The van der Waals surface area contributed by atoms with Gasteiger partial charge in [0.05, 0.1) is 11.8 Å². The van der Waals surface area contributed by atoms with Crippen molar-refractivity contribution in [1.82, 2.24) is 10.3 Å². The molecule has 4 heteroatoms. The van der Waals surface area contributed by atoms with E-state index in [2.05, 4.69) is 18.3 Å². The van der Waals surface area contributed by atoms with Gasteiger partial charge in [-0.3, -0.25) is 0 Å². The van der Waals surface area contributed by atoms with Crippen LogP contribution in [0.1, 0.15) is 61.7 Å².